The molecule has 4 rings (SSSR count). The molecule has 0 unspecified atom stereocenters. The second-order valence-electron chi connectivity index (χ2n) is 6.71. The number of aromatic nitrogens is 2. The zero-order chi connectivity index (χ0) is 23.0. The van der Waals surface area contributed by atoms with E-state index < -0.39 is 29.8 Å². The van der Waals surface area contributed by atoms with E-state index in [1.54, 1.807) is 25.1 Å². The Kier molecular flexibility index (Phi) is 5.76. The fraction of sp³-hybridized carbons (Fsp3) is 0.0952. The van der Waals surface area contributed by atoms with Gasteiger partial charge in [-0.25, -0.2) is 4.39 Å². The lowest BCUT2D eigenvalue weighted by Crippen LogP contribution is -2.33. The molecule has 0 atom stereocenters. The van der Waals surface area contributed by atoms with Crippen molar-refractivity contribution in [2.24, 2.45) is 0 Å². The van der Waals surface area contributed by atoms with Gasteiger partial charge in [0.15, 0.2) is 11.6 Å². The fourth-order valence-electron chi connectivity index (χ4n) is 3.03. The molecular formula is C21H14FN3O5S2. The first-order chi connectivity index (χ1) is 15.3. The van der Waals surface area contributed by atoms with E-state index in [1.807, 2.05) is 0 Å². The SMILES string of the molecule is Cc1cccn2c(=O)c(/C=C3/SC(=S)N(CC(=O)O)C3=O)c(Oc3ccccc3F)nc12. The van der Waals surface area contributed by atoms with Crippen molar-refractivity contribution in [1.29, 1.82) is 0 Å². The summed E-state index contributed by atoms with van der Waals surface area (Å²) in [6, 6.07) is 9.06. The summed E-state index contributed by atoms with van der Waals surface area (Å²) in [6.07, 6.45) is 2.75. The summed E-state index contributed by atoms with van der Waals surface area (Å²) in [5.41, 5.74) is 0.336. The molecule has 0 aliphatic carbocycles. The average Bonchev–Trinajstić information content (AvgIpc) is 3.00. The molecule has 2 aromatic heterocycles. The van der Waals surface area contributed by atoms with E-state index in [0.717, 1.165) is 16.7 Å². The standard InChI is InChI=1S/C21H14FN3O5S2/c1-11-5-4-8-24-17(11)23-18(30-14-7-3-2-6-13(14)22)12(19(24)28)9-15-20(29)25(10-16(26)27)21(31)32-15/h2-9H,10H2,1H3,(H,26,27)/b15-9+. The molecule has 1 aliphatic heterocycles. The van der Waals surface area contributed by atoms with Crippen LogP contribution in [0, 0.1) is 12.7 Å². The van der Waals surface area contributed by atoms with E-state index in [-0.39, 0.29) is 26.4 Å². The molecule has 1 N–H and O–H groups in total. The zero-order valence-corrected chi connectivity index (χ0v) is 18.1. The van der Waals surface area contributed by atoms with Gasteiger partial charge in [-0.2, -0.15) is 4.98 Å². The number of pyridine rings is 1. The molecule has 1 aliphatic rings. The molecule has 3 heterocycles. The summed E-state index contributed by atoms with van der Waals surface area (Å²) in [6.45, 7) is 1.15. The van der Waals surface area contributed by atoms with Crippen LogP contribution in [0.1, 0.15) is 11.1 Å². The maximum Gasteiger partial charge on any atom is 0.323 e. The minimum atomic E-state index is -1.23. The average molecular weight is 471 g/mol. The van der Waals surface area contributed by atoms with Gasteiger partial charge >= 0.3 is 5.97 Å². The van der Waals surface area contributed by atoms with Crippen LogP contribution in [0.15, 0.2) is 52.3 Å². The molecular weight excluding hydrogens is 457 g/mol. The van der Waals surface area contributed by atoms with Crippen molar-refractivity contribution in [2.45, 2.75) is 6.92 Å². The Hall–Kier alpha value is -3.57. The van der Waals surface area contributed by atoms with Gasteiger partial charge in [-0.1, -0.05) is 42.2 Å². The first-order valence-corrected chi connectivity index (χ1v) is 10.4. The monoisotopic (exact) mass is 471 g/mol. The van der Waals surface area contributed by atoms with E-state index in [4.69, 9.17) is 22.1 Å². The number of benzene rings is 1. The molecule has 0 saturated carbocycles. The lowest BCUT2D eigenvalue weighted by Gasteiger charge is -2.12. The largest absolute Gasteiger partial charge is 0.480 e. The number of fused-ring (bicyclic) bond motifs is 1. The molecule has 0 spiro atoms. The van der Waals surface area contributed by atoms with Gasteiger partial charge in [-0.3, -0.25) is 23.7 Å². The van der Waals surface area contributed by atoms with Crippen molar-refractivity contribution >= 4 is 51.9 Å². The lowest BCUT2D eigenvalue weighted by atomic mass is 10.2. The lowest BCUT2D eigenvalue weighted by molar-refractivity contribution is -0.140. The molecule has 0 radical (unpaired) electrons. The number of hydrogen-bond acceptors (Lipinski definition) is 7. The van der Waals surface area contributed by atoms with E-state index in [0.29, 0.717) is 11.2 Å². The van der Waals surface area contributed by atoms with Crippen LogP contribution < -0.4 is 10.3 Å². The summed E-state index contributed by atoms with van der Waals surface area (Å²) in [5.74, 6) is -2.89. The third-order valence-corrected chi connectivity index (χ3v) is 5.91. The molecule has 8 nitrogen and oxygen atoms in total. The van der Waals surface area contributed by atoms with Crippen molar-refractivity contribution < 1.29 is 23.8 Å². The van der Waals surface area contributed by atoms with Gasteiger partial charge in [0.2, 0.25) is 5.88 Å². The van der Waals surface area contributed by atoms with Crippen LogP contribution in [0.4, 0.5) is 4.39 Å². The number of carbonyl (C=O) groups excluding carboxylic acids is 1. The number of thiocarbonyl (C=S) groups is 1. The maximum absolute atomic E-state index is 14.2. The van der Waals surface area contributed by atoms with Crippen molar-refractivity contribution in [3.05, 3.63) is 74.8 Å². The second kappa shape index (κ2) is 8.52. The first-order valence-electron chi connectivity index (χ1n) is 9.18. The first kappa shape index (κ1) is 21.7. The number of hydrogen-bond donors (Lipinski definition) is 1. The highest BCUT2D eigenvalue weighted by atomic mass is 32.2. The summed E-state index contributed by atoms with van der Waals surface area (Å²) < 4.78 is 21.2. The molecule has 32 heavy (non-hydrogen) atoms. The highest BCUT2D eigenvalue weighted by molar-refractivity contribution is 8.26. The quantitative estimate of drug-likeness (QED) is 0.447. The van der Waals surface area contributed by atoms with E-state index in [1.165, 1.54) is 34.9 Å². The predicted molar refractivity (Wildman–Crippen MR) is 120 cm³/mol. The van der Waals surface area contributed by atoms with E-state index >= 15 is 0 Å². The third kappa shape index (κ3) is 3.99. The van der Waals surface area contributed by atoms with Crippen molar-refractivity contribution in [1.82, 2.24) is 14.3 Å². The van der Waals surface area contributed by atoms with Gasteiger partial charge < -0.3 is 9.84 Å². The van der Waals surface area contributed by atoms with E-state index in [2.05, 4.69) is 4.98 Å². The summed E-state index contributed by atoms with van der Waals surface area (Å²) >= 11 is 5.95. The minimum Gasteiger partial charge on any atom is -0.480 e. The number of nitrogens with zero attached hydrogens (tertiary/aromatic N) is 3. The number of aryl methyl sites for hydroxylation is 1. The zero-order valence-electron chi connectivity index (χ0n) is 16.4. The fourth-order valence-corrected chi connectivity index (χ4v) is 4.26. The minimum absolute atomic E-state index is 0.0288. The van der Waals surface area contributed by atoms with Crippen LogP contribution in [-0.4, -0.2) is 42.1 Å². The van der Waals surface area contributed by atoms with Gasteiger partial charge in [0.1, 0.15) is 22.1 Å². The smallest absolute Gasteiger partial charge is 0.323 e. The molecule has 1 aromatic carbocycles. The predicted octanol–water partition coefficient (Wildman–Crippen LogP) is 3.22. The number of carboxylic acids is 1. The Morgan fingerprint density at radius 2 is 2.03 bits per heavy atom. The van der Waals surface area contributed by atoms with Crippen molar-refractivity contribution in [2.75, 3.05) is 6.54 Å². The Morgan fingerprint density at radius 3 is 2.75 bits per heavy atom. The van der Waals surface area contributed by atoms with Crippen LogP contribution >= 0.6 is 24.0 Å². The second-order valence-corrected chi connectivity index (χ2v) is 8.39. The molecule has 162 valence electrons. The van der Waals surface area contributed by atoms with Gasteiger partial charge in [0.05, 0.1) is 4.91 Å². The third-order valence-electron chi connectivity index (χ3n) is 4.53. The molecule has 3 aromatic rings. The van der Waals surface area contributed by atoms with Gasteiger partial charge in [0.25, 0.3) is 11.5 Å². The number of rotatable bonds is 5. The Balaban J connectivity index is 1.89. The van der Waals surface area contributed by atoms with Crippen LogP contribution in [0.3, 0.4) is 0 Å². The molecule has 11 heteroatoms. The van der Waals surface area contributed by atoms with Gasteiger partial charge in [-0.05, 0) is 36.8 Å². The molecule has 1 fully saturated rings. The highest BCUT2D eigenvalue weighted by Crippen LogP contribution is 2.34. The van der Waals surface area contributed by atoms with Gasteiger partial charge in [-0.15, -0.1) is 0 Å². The van der Waals surface area contributed by atoms with Crippen LogP contribution in [0.2, 0.25) is 0 Å². The Morgan fingerprint density at radius 1 is 1.28 bits per heavy atom. The Labute approximate surface area is 189 Å². The number of ether oxygens (including phenoxy) is 1. The normalized spacial score (nSPS) is 15.1. The number of aliphatic carboxylic acids is 1. The van der Waals surface area contributed by atoms with Crippen molar-refractivity contribution in [3.8, 4) is 11.6 Å². The number of carboxylic acid groups (broad SMARTS) is 1. The Bertz CT molecular complexity index is 1390. The number of thioether (sulfide) groups is 1. The highest BCUT2D eigenvalue weighted by Gasteiger charge is 2.34. The maximum atomic E-state index is 14.2. The van der Waals surface area contributed by atoms with Crippen LogP contribution in [0.5, 0.6) is 11.6 Å². The molecule has 1 amide bonds. The topological polar surface area (TPSA) is 101 Å². The van der Waals surface area contributed by atoms with Crippen LogP contribution in [-0.2, 0) is 9.59 Å². The number of halogens is 1. The number of para-hydroxylation sites is 1. The molecule has 0 bridgehead atoms. The van der Waals surface area contributed by atoms with Crippen molar-refractivity contribution in [3.63, 3.8) is 0 Å². The number of carbonyl (C=O) groups is 2. The van der Waals surface area contributed by atoms with Gasteiger partial charge in [0, 0.05) is 6.20 Å². The summed E-state index contributed by atoms with van der Waals surface area (Å²) in [5, 5.41) is 9.01. The van der Waals surface area contributed by atoms with E-state index in [9.17, 15) is 18.8 Å². The number of amides is 1. The van der Waals surface area contributed by atoms with Crippen LogP contribution in [0.25, 0.3) is 11.7 Å². The summed E-state index contributed by atoms with van der Waals surface area (Å²) in [4.78, 5) is 42.3. The molecule has 1 saturated heterocycles. The summed E-state index contributed by atoms with van der Waals surface area (Å²) in [7, 11) is 0.